The SMILES string of the molecule is CN(CC(F)(F)F)c1ccc(CBr)cc1Cl. The highest BCUT2D eigenvalue weighted by Crippen LogP contribution is 2.29. The smallest absolute Gasteiger partial charge is 0.365 e. The summed E-state index contributed by atoms with van der Waals surface area (Å²) < 4.78 is 36.5. The molecule has 1 aromatic rings. The van der Waals surface area contributed by atoms with Crippen molar-refractivity contribution in [2.75, 3.05) is 18.5 Å². The molecule has 0 saturated carbocycles. The average molecular weight is 317 g/mol. The fourth-order valence-corrected chi connectivity index (χ4v) is 1.99. The number of rotatable bonds is 3. The lowest BCUT2D eigenvalue weighted by atomic mass is 10.2. The number of halogens is 5. The third-order valence-electron chi connectivity index (χ3n) is 1.99. The summed E-state index contributed by atoms with van der Waals surface area (Å²) in [5.41, 5.74) is 1.30. The number of nitrogens with zero attached hydrogens (tertiary/aromatic N) is 1. The van der Waals surface area contributed by atoms with E-state index in [1.807, 2.05) is 0 Å². The van der Waals surface area contributed by atoms with Crippen LogP contribution in [-0.2, 0) is 5.33 Å². The van der Waals surface area contributed by atoms with E-state index in [0.29, 0.717) is 16.0 Å². The first-order chi connectivity index (χ1) is 7.33. The minimum absolute atomic E-state index is 0.323. The molecule has 0 spiro atoms. The van der Waals surface area contributed by atoms with Crippen molar-refractivity contribution in [2.24, 2.45) is 0 Å². The molecule has 0 bridgehead atoms. The molecule has 0 N–H and O–H groups in total. The van der Waals surface area contributed by atoms with E-state index < -0.39 is 12.7 Å². The monoisotopic (exact) mass is 315 g/mol. The first kappa shape index (κ1) is 13.6. The van der Waals surface area contributed by atoms with Crippen molar-refractivity contribution in [3.05, 3.63) is 28.8 Å². The van der Waals surface area contributed by atoms with E-state index >= 15 is 0 Å². The maximum absolute atomic E-state index is 12.2. The van der Waals surface area contributed by atoms with Crippen LogP contribution in [0, 0.1) is 0 Å². The van der Waals surface area contributed by atoms with Crippen LogP contribution in [0.15, 0.2) is 18.2 Å². The Morgan fingerprint density at radius 2 is 2.00 bits per heavy atom. The van der Waals surface area contributed by atoms with Gasteiger partial charge in [-0.1, -0.05) is 33.6 Å². The van der Waals surface area contributed by atoms with Gasteiger partial charge in [0.15, 0.2) is 0 Å². The number of alkyl halides is 4. The molecule has 1 rings (SSSR count). The van der Waals surface area contributed by atoms with Gasteiger partial charge in [-0.15, -0.1) is 0 Å². The highest BCUT2D eigenvalue weighted by Gasteiger charge is 2.29. The molecule has 0 heterocycles. The van der Waals surface area contributed by atoms with Crippen LogP contribution >= 0.6 is 27.5 Å². The highest BCUT2D eigenvalue weighted by atomic mass is 79.9. The number of anilines is 1. The van der Waals surface area contributed by atoms with Gasteiger partial charge in [0.1, 0.15) is 6.54 Å². The maximum atomic E-state index is 12.2. The fourth-order valence-electron chi connectivity index (χ4n) is 1.30. The van der Waals surface area contributed by atoms with Crippen molar-refractivity contribution in [1.29, 1.82) is 0 Å². The predicted octanol–water partition coefficient (Wildman–Crippen LogP) is 4.23. The molecule has 6 heteroatoms. The Hall–Kier alpha value is -0.420. The van der Waals surface area contributed by atoms with Crippen molar-refractivity contribution in [1.82, 2.24) is 0 Å². The quantitative estimate of drug-likeness (QED) is 0.754. The molecule has 1 nitrogen and oxygen atoms in total. The number of hydrogen-bond acceptors (Lipinski definition) is 1. The summed E-state index contributed by atoms with van der Waals surface area (Å²) in [7, 11) is 1.36. The molecule has 1 aromatic carbocycles. The van der Waals surface area contributed by atoms with Gasteiger partial charge in [0.2, 0.25) is 0 Å². The zero-order valence-electron chi connectivity index (χ0n) is 8.48. The van der Waals surface area contributed by atoms with Gasteiger partial charge in [-0.2, -0.15) is 13.2 Å². The minimum Gasteiger partial charge on any atom is -0.365 e. The molecule has 0 radical (unpaired) electrons. The molecule has 90 valence electrons. The van der Waals surface area contributed by atoms with Crippen LogP contribution in [0.3, 0.4) is 0 Å². The summed E-state index contributed by atoms with van der Waals surface area (Å²) in [6, 6.07) is 4.98. The van der Waals surface area contributed by atoms with Crippen molar-refractivity contribution >= 4 is 33.2 Å². The zero-order valence-corrected chi connectivity index (χ0v) is 10.8. The van der Waals surface area contributed by atoms with Gasteiger partial charge in [-0.25, -0.2) is 0 Å². The second kappa shape index (κ2) is 5.27. The number of benzene rings is 1. The summed E-state index contributed by atoms with van der Waals surface area (Å²) in [4.78, 5) is 1.08. The van der Waals surface area contributed by atoms with Crippen molar-refractivity contribution in [3.8, 4) is 0 Å². The Bertz CT molecular complexity index is 368. The zero-order chi connectivity index (χ0) is 12.3. The summed E-state index contributed by atoms with van der Waals surface area (Å²) in [5, 5.41) is 0.944. The minimum atomic E-state index is -4.23. The summed E-state index contributed by atoms with van der Waals surface area (Å²) >= 11 is 9.15. The van der Waals surface area contributed by atoms with E-state index in [-0.39, 0.29) is 0 Å². The van der Waals surface area contributed by atoms with Gasteiger partial charge in [0.05, 0.1) is 10.7 Å². The van der Waals surface area contributed by atoms with Crippen LogP contribution in [0.4, 0.5) is 18.9 Å². The lowest BCUT2D eigenvalue weighted by molar-refractivity contribution is -0.119. The van der Waals surface area contributed by atoms with Gasteiger partial charge in [-0.05, 0) is 17.7 Å². The van der Waals surface area contributed by atoms with Crippen LogP contribution < -0.4 is 4.90 Å². The second-order valence-electron chi connectivity index (χ2n) is 3.39. The van der Waals surface area contributed by atoms with Crippen LogP contribution in [0.1, 0.15) is 5.56 Å². The topological polar surface area (TPSA) is 3.24 Å². The van der Waals surface area contributed by atoms with E-state index in [0.717, 1.165) is 10.5 Å². The molecule has 0 fully saturated rings. The lowest BCUT2D eigenvalue weighted by Crippen LogP contribution is -2.31. The van der Waals surface area contributed by atoms with Gasteiger partial charge in [-0.3, -0.25) is 0 Å². The highest BCUT2D eigenvalue weighted by molar-refractivity contribution is 9.08. The van der Waals surface area contributed by atoms with Gasteiger partial charge in [0.25, 0.3) is 0 Å². The molecular weight excluding hydrogens is 306 g/mol. The lowest BCUT2D eigenvalue weighted by Gasteiger charge is -2.22. The van der Waals surface area contributed by atoms with Crippen LogP contribution in [-0.4, -0.2) is 19.8 Å². The molecule has 0 saturated heterocycles. The Balaban J connectivity index is 2.88. The normalized spacial score (nSPS) is 11.6. The van der Waals surface area contributed by atoms with E-state index in [4.69, 9.17) is 11.6 Å². The molecule has 0 amide bonds. The summed E-state index contributed by atoms with van der Waals surface area (Å²) in [6.45, 7) is -1.01. The fraction of sp³-hybridized carbons (Fsp3) is 0.400. The summed E-state index contributed by atoms with van der Waals surface area (Å²) in [6.07, 6.45) is -4.23. The molecule has 16 heavy (non-hydrogen) atoms. The van der Waals surface area contributed by atoms with Crippen molar-refractivity contribution in [3.63, 3.8) is 0 Å². The molecule has 0 aliphatic heterocycles. The Kier molecular flexibility index (Phi) is 4.50. The first-order valence-corrected chi connectivity index (χ1v) is 5.95. The van der Waals surface area contributed by atoms with Crippen molar-refractivity contribution < 1.29 is 13.2 Å². The Labute approximate surface area is 105 Å². The van der Waals surface area contributed by atoms with Gasteiger partial charge < -0.3 is 4.90 Å². The first-order valence-electron chi connectivity index (χ1n) is 4.46. The van der Waals surface area contributed by atoms with Crippen LogP contribution in [0.25, 0.3) is 0 Å². The third-order valence-corrected chi connectivity index (χ3v) is 2.94. The van der Waals surface area contributed by atoms with Crippen LogP contribution in [0.5, 0.6) is 0 Å². The second-order valence-corrected chi connectivity index (χ2v) is 4.36. The number of hydrogen-bond donors (Lipinski definition) is 0. The molecule has 0 aromatic heterocycles. The molecule has 0 aliphatic rings. The molecule has 0 atom stereocenters. The van der Waals surface area contributed by atoms with Gasteiger partial charge in [0, 0.05) is 12.4 Å². The molecule has 0 aliphatic carbocycles. The maximum Gasteiger partial charge on any atom is 0.405 e. The van der Waals surface area contributed by atoms with Crippen LogP contribution in [0.2, 0.25) is 5.02 Å². The summed E-state index contributed by atoms with van der Waals surface area (Å²) in [5.74, 6) is 0. The third kappa shape index (κ3) is 3.87. The Morgan fingerprint density at radius 1 is 1.38 bits per heavy atom. The van der Waals surface area contributed by atoms with E-state index in [1.165, 1.54) is 7.05 Å². The predicted molar refractivity (Wildman–Crippen MR) is 63.4 cm³/mol. The standard InChI is InChI=1S/C10H10BrClF3N/c1-16(6-10(13,14)15)9-3-2-7(5-11)4-8(9)12/h2-4H,5-6H2,1H3. The van der Waals surface area contributed by atoms with Crippen molar-refractivity contribution in [2.45, 2.75) is 11.5 Å². The Morgan fingerprint density at radius 3 is 2.44 bits per heavy atom. The largest absolute Gasteiger partial charge is 0.405 e. The molecule has 0 unspecified atom stereocenters. The van der Waals surface area contributed by atoms with E-state index in [2.05, 4.69) is 15.9 Å². The average Bonchev–Trinajstić information content (AvgIpc) is 2.14. The van der Waals surface area contributed by atoms with E-state index in [9.17, 15) is 13.2 Å². The van der Waals surface area contributed by atoms with E-state index in [1.54, 1.807) is 18.2 Å². The van der Waals surface area contributed by atoms with Gasteiger partial charge >= 0.3 is 6.18 Å². The molecular formula is C10H10BrClF3N.